The molecule has 60 heavy (non-hydrogen) atoms. The highest BCUT2D eigenvalue weighted by molar-refractivity contribution is 7.99. The van der Waals surface area contributed by atoms with E-state index >= 15 is 0 Å². The van der Waals surface area contributed by atoms with Crippen LogP contribution in [0, 0.1) is 0 Å². The minimum Gasteiger partial charge on any atom is -0.264 e. The third kappa shape index (κ3) is 5.40. The van der Waals surface area contributed by atoms with Crippen LogP contribution in [-0.2, 0) is 5.41 Å². The molecule has 0 atom stereocenters. The summed E-state index contributed by atoms with van der Waals surface area (Å²) < 4.78 is 0. The van der Waals surface area contributed by atoms with Crippen LogP contribution < -0.4 is 0 Å². The van der Waals surface area contributed by atoms with E-state index in [0.717, 1.165) is 22.1 Å². The Labute approximate surface area is 352 Å². The average molecular weight is 783 g/mol. The number of fused-ring (bicyclic) bond motifs is 10. The smallest absolute Gasteiger partial charge is 0.164 e. The third-order valence-corrected chi connectivity index (χ3v) is 13.3. The van der Waals surface area contributed by atoms with Crippen LogP contribution in [0.4, 0.5) is 0 Å². The maximum Gasteiger partial charge on any atom is 0.164 e. The van der Waals surface area contributed by atoms with Crippen molar-refractivity contribution in [3.8, 4) is 67.5 Å². The van der Waals surface area contributed by atoms with Gasteiger partial charge in [0.1, 0.15) is 0 Å². The molecule has 0 radical (unpaired) electrons. The summed E-state index contributed by atoms with van der Waals surface area (Å²) >= 11 is 1.86. The van der Waals surface area contributed by atoms with Gasteiger partial charge in [-0.1, -0.05) is 176 Å². The van der Waals surface area contributed by atoms with Gasteiger partial charge in [0.15, 0.2) is 17.5 Å². The van der Waals surface area contributed by atoms with E-state index in [4.69, 9.17) is 15.0 Å². The van der Waals surface area contributed by atoms with Crippen molar-refractivity contribution >= 4 is 22.5 Å². The first kappa shape index (κ1) is 34.6. The van der Waals surface area contributed by atoms with E-state index in [1.807, 2.05) is 60.6 Å². The standard InChI is InChI=1S/C55H34N4S/c1-3-12-37(13-4-1)52-57-53(38-14-5-2-6-15-38)59-54(58-52)40-27-29-45-44-28-26-39(35-22-24-36(25-23-35)42-17-11-16-41-34-56-31-30-43(41)42)32-48(44)55(49(45)33-40)46-18-7-9-20-50(46)60-51-21-10-8-19-47(51)55/h1-34H. The largest absolute Gasteiger partial charge is 0.264 e. The highest BCUT2D eigenvalue weighted by Gasteiger charge is 2.50. The van der Waals surface area contributed by atoms with E-state index in [1.54, 1.807) is 0 Å². The molecule has 0 saturated carbocycles. The van der Waals surface area contributed by atoms with Crippen molar-refractivity contribution in [1.82, 2.24) is 19.9 Å². The fourth-order valence-electron chi connectivity index (χ4n) is 9.37. The van der Waals surface area contributed by atoms with Crippen LogP contribution in [0.2, 0.25) is 0 Å². The maximum atomic E-state index is 5.17. The highest BCUT2D eigenvalue weighted by Crippen LogP contribution is 2.63. The van der Waals surface area contributed by atoms with E-state index in [2.05, 4.69) is 163 Å². The average Bonchev–Trinajstić information content (AvgIpc) is 3.61. The second kappa shape index (κ2) is 13.8. The first-order valence-corrected chi connectivity index (χ1v) is 21.0. The number of nitrogens with zero attached hydrogens (tertiary/aromatic N) is 4. The van der Waals surface area contributed by atoms with Crippen molar-refractivity contribution in [3.63, 3.8) is 0 Å². The number of hydrogen-bond donors (Lipinski definition) is 0. The van der Waals surface area contributed by atoms with E-state index in [0.29, 0.717) is 17.5 Å². The first-order valence-electron chi connectivity index (χ1n) is 20.2. The molecule has 0 saturated heterocycles. The Morgan fingerprint density at radius 3 is 1.50 bits per heavy atom. The van der Waals surface area contributed by atoms with Gasteiger partial charge in [0.2, 0.25) is 0 Å². The van der Waals surface area contributed by atoms with Crippen molar-refractivity contribution in [3.05, 3.63) is 229 Å². The van der Waals surface area contributed by atoms with E-state index in [9.17, 15) is 0 Å². The Morgan fingerprint density at radius 1 is 0.350 bits per heavy atom. The van der Waals surface area contributed by atoms with Gasteiger partial charge in [-0.05, 0) is 91.4 Å². The molecular weight excluding hydrogens is 749 g/mol. The first-order chi connectivity index (χ1) is 29.7. The quantitative estimate of drug-likeness (QED) is 0.174. The predicted octanol–water partition coefficient (Wildman–Crippen LogP) is 13.6. The summed E-state index contributed by atoms with van der Waals surface area (Å²) in [5.41, 5.74) is 14.6. The Hall–Kier alpha value is -7.47. The molecule has 10 aromatic rings. The lowest BCUT2D eigenvalue weighted by molar-refractivity contribution is 0.722. The molecule has 2 aromatic heterocycles. The zero-order valence-corrected chi connectivity index (χ0v) is 33.1. The van der Waals surface area contributed by atoms with Gasteiger partial charge >= 0.3 is 0 Å². The van der Waals surface area contributed by atoms with Crippen LogP contribution >= 0.6 is 11.8 Å². The molecule has 12 rings (SSSR count). The van der Waals surface area contributed by atoms with Crippen molar-refractivity contribution < 1.29 is 0 Å². The summed E-state index contributed by atoms with van der Waals surface area (Å²) in [6, 6.07) is 69.7. The SMILES string of the molecule is c1ccc(-c2nc(-c3ccccc3)nc(-c3ccc4c(c3)C3(c5ccccc5Sc5ccccc53)c3cc(-c5ccc(-c6cccc7cnccc67)cc5)ccc3-4)n2)cc1. The molecule has 0 bridgehead atoms. The lowest BCUT2D eigenvalue weighted by Gasteiger charge is -2.39. The number of aromatic nitrogens is 4. The number of benzene rings is 8. The van der Waals surface area contributed by atoms with Gasteiger partial charge in [-0.3, -0.25) is 4.98 Å². The molecule has 4 nitrogen and oxygen atoms in total. The molecule has 2 aliphatic rings. The van der Waals surface area contributed by atoms with Crippen molar-refractivity contribution in [2.24, 2.45) is 0 Å². The van der Waals surface area contributed by atoms with E-state index < -0.39 is 5.41 Å². The van der Waals surface area contributed by atoms with Crippen LogP contribution in [0.15, 0.2) is 216 Å². The lowest BCUT2D eigenvalue weighted by atomic mass is 9.67. The highest BCUT2D eigenvalue weighted by atomic mass is 32.2. The fraction of sp³-hybridized carbons (Fsp3) is 0.0182. The van der Waals surface area contributed by atoms with E-state index in [-0.39, 0.29) is 0 Å². The molecule has 1 spiro atoms. The van der Waals surface area contributed by atoms with Crippen LogP contribution in [0.25, 0.3) is 78.3 Å². The molecule has 8 aromatic carbocycles. The summed E-state index contributed by atoms with van der Waals surface area (Å²) in [5, 5.41) is 2.34. The predicted molar refractivity (Wildman–Crippen MR) is 244 cm³/mol. The van der Waals surface area contributed by atoms with Crippen LogP contribution in [0.3, 0.4) is 0 Å². The summed E-state index contributed by atoms with van der Waals surface area (Å²) in [4.78, 5) is 22.2. The van der Waals surface area contributed by atoms with Gasteiger partial charge in [0.25, 0.3) is 0 Å². The number of pyridine rings is 1. The molecule has 0 fully saturated rings. The fourth-order valence-corrected chi connectivity index (χ4v) is 10.6. The zero-order valence-electron chi connectivity index (χ0n) is 32.3. The van der Waals surface area contributed by atoms with Crippen LogP contribution in [0.1, 0.15) is 22.3 Å². The second-order valence-corrected chi connectivity index (χ2v) is 16.5. The topological polar surface area (TPSA) is 51.6 Å². The second-order valence-electron chi connectivity index (χ2n) is 15.4. The number of rotatable bonds is 5. The Bertz CT molecular complexity index is 3180. The van der Waals surface area contributed by atoms with Gasteiger partial charge in [0, 0.05) is 44.3 Å². The van der Waals surface area contributed by atoms with Gasteiger partial charge in [0.05, 0.1) is 5.41 Å². The third-order valence-electron chi connectivity index (χ3n) is 12.1. The normalized spacial score (nSPS) is 13.1. The Balaban J connectivity index is 1.06. The van der Waals surface area contributed by atoms with E-state index in [1.165, 1.54) is 70.8 Å². The van der Waals surface area contributed by atoms with Crippen molar-refractivity contribution in [1.29, 1.82) is 0 Å². The molecule has 0 unspecified atom stereocenters. The summed E-state index contributed by atoms with van der Waals surface area (Å²) in [6.07, 6.45) is 3.80. The molecule has 0 amide bonds. The number of hydrogen-bond acceptors (Lipinski definition) is 5. The Morgan fingerprint density at radius 2 is 0.867 bits per heavy atom. The molecular formula is C55H34N4S. The molecule has 1 aliphatic heterocycles. The van der Waals surface area contributed by atoms with Gasteiger partial charge in [-0.15, -0.1) is 0 Å². The molecule has 5 heteroatoms. The van der Waals surface area contributed by atoms with Crippen molar-refractivity contribution in [2.45, 2.75) is 15.2 Å². The minimum atomic E-state index is -0.580. The Kier molecular flexibility index (Phi) is 7.97. The van der Waals surface area contributed by atoms with Crippen LogP contribution in [0.5, 0.6) is 0 Å². The maximum absolute atomic E-state index is 5.17. The molecule has 3 heterocycles. The van der Waals surface area contributed by atoms with Gasteiger partial charge < -0.3 is 0 Å². The zero-order chi connectivity index (χ0) is 39.6. The molecule has 280 valence electrons. The molecule has 1 aliphatic carbocycles. The monoisotopic (exact) mass is 782 g/mol. The van der Waals surface area contributed by atoms with Crippen LogP contribution in [-0.4, -0.2) is 19.9 Å². The molecule has 0 N–H and O–H groups in total. The summed E-state index contributed by atoms with van der Waals surface area (Å²) in [5.74, 6) is 1.94. The van der Waals surface area contributed by atoms with Gasteiger partial charge in [-0.25, -0.2) is 15.0 Å². The lowest BCUT2D eigenvalue weighted by Crippen LogP contribution is -2.32. The summed E-state index contributed by atoms with van der Waals surface area (Å²) in [7, 11) is 0. The summed E-state index contributed by atoms with van der Waals surface area (Å²) in [6.45, 7) is 0. The van der Waals surface area contributed by atoms with Crippen molar-refractivity contribution in [2.75, 3.05) is 0 Å². The van der Waals surface area contributed by atoms with Gasteiger partial charge in [-0.2, -0.15) is 0 Å². The minimum absolute atomic E-state index is 0.580.